The quantitative estimate of drug-likeness (QED) is 0.527. The summed E-state index contributed by atoms with van der Waals surface area (Å²) in [4.78, 5) is 0. The van der Waals surface area contributed by atoms with Crippen molar-refractivity contribution < 1.29 is 0 Å². The molecule has 0 bridgehead atoms. The molecule has 3 heteroatoms. The van der Waals surface area contributed by atoms with Gasteiger partial charge in [-0.15, -0.1) is 0 Å². The molecular weight excluding hydrogens is 455 g/mol. The molecule has 0 saturated heterocycles. The molecule has 0 N–H and O–H groups in total. The fourth-order valence-corrected chi connectivity index (χ4v) is 4.77. The van der Waals surface area contributed by atoms with E-state index in [0.717, 1.165) is 3.46 Å². The number of hydrogen-bond acceptors (Lipinski definition) is 0. The van der Waals surface area contributed by atoms with Crippen LogP contribution in [0.25, 0.3) is 0 Å². The third kappa shape index (κ3) is 4.75. The molecule has 0 nitrogen and oxygen atoms in total. The third-order valence-corrected chi connectivity index (χ3v) is 8.10. The van der Waals surface area contributed by atoms with Gasteiger partial charge in [-0.25, -0.2) is 0 Å². The summed E-state index contributed by atoms with van der Waals surface area (Å²) >= 11 is 5.98. The van der Waals surface area contributed by atoms with E-state index in [1.807, 2.05) is 66.9 Å². The Labute approximate surface area is 97.6 Å². The molecule has 1 unspecified atom stereocenters. The van der Waals surface area contributed by atoms with E-state index >= 15 is 0 Å². The van der Waals surface area contributed by atoms with E-state index in [1.54, 1.807) is 0 Å². The van der Waals surface area contributed by atoms with Gasteiger partial charge in [0.15, 0.2) is 0 Å². The van der Waals surface area contributed by atoms with Gasteiger partial charge in [0.1, 0.15) is 0 Å². The summed E-state index contributed by atoms with van der Waals surface area (Å²) < 4.78 is 3.53. The summed E-state index contributed by atoms with van der Waals surface area (Å²) in [5.74, 6) is 0. The van der Waals surface area contributed by atoms with Crippen LogP contribution in [0.1, 0.15) is 19.8 Å². The van der Waals surface area contributed by atoms with Crippen LogP contribution < -0.4 is 0 Å². The van der Waals surface area contributed by atoms with Crippen LogP contribution in [0.3, 0.4) is 0 Å². The van der Waals surface area contributed by atoms with Crippen LogP contribution in [0.15, 0.2) is 0 Å². The van der Waals surface area contributed by atoms with E-state index in [1.165, 1.54) is 21.8 Å². The van der Waals surface area contributed by atoms with E-state index in [-0.39, 0.29) is 0 Å². The second-order valence-corrected chi connectivity index (χ2v) is 7.10. The van der Waals surface area contributed by atoms with Crippen molar-refractivity contribution in [2.45, 2.75) is 32.2 Å². The molecule has 0 aromatic heterocycles. The number of rotatable bonds is 4. The molecule has 0 aliphatic rings. The Morgan fingerprint density at radius 2 is 1.89 bits per heavy atom. The van der Waals surface area contributed by atoms with Gasteiger partial charge in [0.2, 0.25) is 0 Å². The van der Waals surface area contributed by atoms with E-state index < -0.39 is 0 Å². The van der Waals surface area contributed by atoms with Crippen LogP contribution in [-0.2, 0) is 0 Å². The van der Waals surface area contributed by atoms with Crippen LogP contribution in [0.4, 0.5) is 0 Å². The maximum absolute atomic E-state index is 2.32. The van der Waals surface area contributed by atoms with E-state index in [9.17, 15) is 0 Å². The van der Waals surface area contributed by atoms with Crippen molar-refractivity contribution in [1.82, 2.24) is 0 Å². The topological polar surface area (TPSA) is 0 Å². The van der Waals surface area contributed by atoms with Crippen LogP contribution >= 0.6 is 0 Å². The maximum atomic E-state index is 2.32. The van der Waals surface area contributed by atoms with Crippen molar-refractivity contribution in [2.75, 3.05) is 0 Å². The van der Waals surface area contributed by atoms with Gasteiger partial charge in [-0.2, -0.15) is 0 Å². The fourth-order valence-electron chi connectivity index (χ4n) is 0.576. The summed E-state index contributed by atoms with van der Waals surface area (Å²) in [7, 11) is 0. The van der Waals surface area contributed by atoms with Gasteiger partial charge in [0, 0.05) is 0 Å². The Hall–Kier alpha value is 2.37. The predicted octanol–water partition coefficient (Wildman–Crippen LogP) is 0.484. The van der Waals surface area contributed by atoms with Crippen molar-refractivity contribution in [3.63, 3.8) is 0 Å². The Balaban J connectivity index is 3.62. The molecule has 56 valence electrons. The van der Waals surface area contributed by atoms with E-state index in [0.29, 0.717) is 0 Å². The summed E-state index contributed by atoms with van der Waals surface area (Å²) in [6.45, 7) is 2.32. The average molecular weight is 469 g/mol. The first-order chi connectivity index (χ1) is 4.18. The first-order valence-electron chi connectivity index (χ1n) is 3.12. The van der Waals surface area contributed by atoms with Gasteiger partial charge in [-0.05, 0) is 0 Å². The molecule has 0 fully saturated rings. The van der Waals surface area contributed by atoms with Gasteiger partial charge in [0.05, 0.1) is 0 Å². The van der Waals surface area contributed by atoms with Crippen LogP contribution in [-0.4, -0.2) is 66.9 Å². The van der Waals surface area contributed by atoms with E-state index in [4.69, 9.17) is 0 Å². The Bertz CT molecular complexity index is 68.7. The molecule has 0 heterocycles. The van der Waals surface area contributed by atoms with Crippen molar-refractivity contribution >= 4 is 66.9 Å². The molecule has 0 amide bonds. The van der Waals surface area contributed by atoms with Crippen molar-refractivity contribution in [3.8, 4) is 0 Å². The molecule has 0 spiro atoms. The van der Waals surface area contributed by atoms with Crippen molar-refractivity contribution in [2.24, 2.45) is 0 Å². The monoisotopic (exact) mass is 476 g/mol. The average Bonchev–Trinajstić information content (AvgIpc) is 1.89. The number of hydrogen-bond donors (Lipinski definition) is 0. The van der Waals surface area contributed by atoms with Gasteiger partial charge in [0.25, 0.3) is 0 Å². The minimum absolute atomic E-state index is 0.718. The van der Waals surface area contributed by atoms with Gasteiger partial charge >= 0.3 is 99.1 Å². The first-order valence-corrected chi connectivity index (χ1v) is 8.01. The van der Waals surface area contributed by atoms with E-state index in [2.05, 4.69) is 6.92 Å². The SMILES string of the molecule is CCC([TeH])(C[TeH])CC[TeH]. The molecule has 0 radical (unpaired) electrons. The first kappa shape index (κ1) is 11.4. The molecule has 9 heavy (non-hydrogen) atoms. The molecule has 0 aliphatic heterocycles. The summed E-state index contributed by atoms with van der Waals surface area (Å²) in [5.41, 5.74) is 0. The van der Waals surface area contributed by atoms with Crippen molar-refractivity contribution in [1.29, 1.82) is 0 Å². The van der Waals surface area contributed by atoms with Crippen LogP contribution in [0.5, 0.6) is 0 Å². The predicted molar refractivity (Wildman–Crippen MR) is 48.7 cm³/mol. The van der Waals surface area contributed by atoms with Crippen LogP contribution in [0.2, 0.25) is 12.4 Å². The zero-order chi connectivity index (χ0) is 7.33. The summed E-state index contributed by atoms with van der Waals surface area (Å²) in [6, 6.07) is 0. The normalized spacial score (nSPS) is 17.3. The molecule has 0 saturated carbocycles. The van der Waals surface area contributed by atoms with Crippen molar-refractivity contribution in [3.05, 3.63) is 0 Å². The Morgan fingerprint density at radius 1 is 1.33 bits per heavy atom. The van der Waals surface area contributed by atoms with Gasteiger partial charge in [-0.3, -0.25) is 0 Å². The molecule has 0 aliphatic carbocycles. The van der Waals surface area contributed by atoms with Crippen LogP contribution in [0, 0.1) is 0 Å². The second-order valence-electron chi connectivity index (χ2n) is 2.21. The molecule has 0 aromatic rings. The zero-order valence-electron chi connectivity index (χ0n) is 5.67. The third-order valence-electron chi connectivity index (χ3n) is 1.53. The molecule has 0 aromatic carbocycles. The molecule has 1 atom stereocenters. The zero-order valence-corrected chi connectivity index (χ0v) is 13.3. The fraction of sp³-hybridized carbons (Fsp3) is 1.00. The second kappa shape index (κ2) is 5.95. The molecule has 0 rings (SSSR count). The summed E-state index contributed by atoms with van der Waals surface area (Å²) in [5, 5.41) is 0. The minimum atomic E-state index is 0.718. The van der Waals surface area contributed by atoms with Gasteiger partial charge in [-0.1, -0.05) is 0 Å². The van der Waals surface area contributed by atoms with Gasteiger partial charge < -0.3 is 0 Å². The summed E-state index contributed by atoms with van der Waals surface area (Å²) in [6.07, 6.45) is 2.82. The standard InChI is InChI=1S/C6H14Te3/c1-2-6(9,5-8)3-4-7/h7-9H,2-5H2,1H3. The molecular formula is C6H14Te3. The Kier molecular flexibility index (Phi) is 7.51. The Morgan fingerprint density at radius 3 is 2.00 bits per heavy atom.